The van der Waals surface area contributed by atoms with Crippen molar-refractivity contribution >= 4 is 22.8 Å². The molecule has 1 heterocycles. The summed E-state index contributed by atoms with van der Waals surface area (Å²) in [5, 5.41) is 0. The number of nitrogens with two attached hydrogens (primary N) is 1. The van der Waals surface area contributed by atoms with Crippen LogP contribution < -0.4 is 5.73 Å². The summed E-state index contributed by atoms with van der Waals surface area (Å²) >= 11 is 1.80. The summed E-state index contributed by atoms with van der Waals surface area (Å²) in [6.07, 6.45) is 0. The molecule has 4 heteroatoms. The first-order valence-corrected chi connectivity index (χ1v) is 7.58. The molecule has 20 heavy (non-hydrogen) atoms. The van der Waals surface area contributed by atoms with Gasteiger partial charge in [-0.05, 0) is 29.8 Å². The van der Waals surface area contributed by atoms with Crippen LogP contribution in [0.1, 0.15) is 11.4 Å². The number of rotatable bonds is 4. The van der Waals surface area contributed by atoms with E-state index in [9.17, 15) is 0 Å². The minimum Gasteiger partial charge on any atom is -0.330 e. The van der Waals surface area contributed by atoms with Gasteiger partial charge in [-0.2, -0.15) is 0 Å². The lowest BCUT2D eigenvalue weighted by molar-refractivity contribution is 0.876. The molecule has 3 aromatic rings. The molecular weight excluding hydrogens is 266 g/mol. The molecule has 0 spiro atoms. The van der Waals surface area contributed by atoms with E-state index in [0.29, 0.717) is 6.54 Å². The monoisotopic (exact) mass is 283 g/mol. The smallest absolute Gasteiger partial charge is 0.120 e. The van der Waals surface area contributed by atoms with E-state index in [2.05, 4.69) is 54.1 Å². The zero-order valence-corrected chi connectivity index (χ0v) is 12.2. The maximum absolute atomic E-state index is 5.68. The van der Waals surface area contributed by atoms with E-state index in [-0.39, 0.29) is 0 Å². The van der Waals surface area contributed by atoms with Crippen LogP contribution in [-0.2, 0) is 19.3 Å². The fourth-order valence-corrected chi connectivity index (χ4v) is 3.12. The Bertz CT molecular complexity index is 719. The third-order valence-corrected chi connectivity index (χ3v) is 4.39. The highest BCUT2D eigenvalue weighted by atomic mass is 32.2. The van der Waals surface area contributed by atoms with Crippen molar-refractivity contribution < 1.29 is 0 Å². The number of aryl methyl sites for hydroxylation is 1. The van der Waals surface area contributed by atoms with Gasteiger partial charge in [0.1, 0.15) is 5.82 Å². The van der Waals surface area contributed by atoms with E-state index in [1.54, 1.807) is 11.8 Å². The largest absolute Gasteiger partial charge is 0.330 e. The molecule has 0 saturated carbocycles. The number of nitrogens with zero attached hydrogens (tertiary/aromatic N) is 2. The lowest BCUT2D eigenvalue weighted by Gasteiger charge is -2.02. The Morgan fingerprint density at radius 2 is 1.95 bits per heavy atom. The maximum atomic E-state index is 5.68. The molecule has 0 aliphatic rings. The van der Waals surface area contributed by atoms with Crippen molar-refractivity contribution in [3.8, 4) is 0 Å². The molecular formula is C16H17N3S. The van der Waals surface area contributed by atoms with Gasteiger partial charge in [0.2, 0.25) is 0 Å². The second-order valence-electron chi connectivity index (χ2n) is 4.72. The minimum atomic E-state index is 0.556. The normalized spacial score (nSPS) is 11.1. The average molecular weight is 283 g/mol. The molecule has 2 N–H and O–H groups in total. The van der Waals surface area contributed by atoms with Crippen LogP contribution in [0.2, 0.25) is 0 Å². The lowest BCUT2D eigenvalue weighted by atomic mass is 10.2. The topological polar surface area (TPSA) is 43.8 Å². The summed E-state index contributed by atoms with van der Waals surface area (Å²) < 4.78 is 2.16. The summed E-state index contributed by atoms with van der Waals surface area (Å²) in [6.45, 7) is 0.556. The Morgan fingerprint density at radius 3 is 2.70 bits per heavy atom. The van der Waals surface area contributed by atoms with Gasteiger partial charge in [-0.15, -0.1) is 11.8 Å². The Balaban J connectivity index is 1.86. The maximum Gasteiger partial charge on any atom is 0.120 e. The van der Waals surface area contributed by atoms with Crippen molar-refractivity contribution in [2.75, 3.05) is 0 Å². The summed E-state index contributed by atoms with van der Waals surface area (Å²) in [6, 6.07) is 16.6. The number of fused-ring (bicyclic) bond motifs is 1. The standard InChI is InChI=1S/C16H17N3S/c1-19-15-8-7-12(10-17)9-14(15)18-16(19)11-20-13-5-3-2-4-6-13/h2-9H,10-11,17H2,1H3. The van der Waals surface area contributed by atoms with E-state index in [1.165, 1.54) is 4.90 Å². The molecule has 0 fully saturated rings. The van der Waals surface area contributed by atoms with E-state index in [0.717, 1.165) is 28.2 Å². The number of imidazole rings is 1. The zero-order valence-electron chi connectivity index (χ0n) is 11.4. The van der Waals surface area contributed by atoms with Crippen LogP contribution in [0.5, 0.6) is 0 Å². The molecule has 0 unspecified atom stereocenters. The SMILES string of the molecule is Cn1c(CSc2ccccc2)nc2cc(CN)ccc21. The highest BCUT2D eigenvalue weighted by Gasteiger charge is 2.08. The number of hydrogen-bond donors (Lipinski definition) is 1. The predicted molar refractivity (Wildman–Crippen MR) is 84.6 cm³/mol. The molecule has 2 aromatic carbocycles. The predicted octanol–water partition coefficient (Wildman–Crippen LogP) is 3.32. The van der Waals surface area contributed by atoms with Crippen LogP contribution in [0.4, 0.5) is 0 Å². The van der Waals surface area contributed by atoms with Crippen molar-refractivity contribution in [2.24, 2.45) is 12.8 Å². The molecule has 102 valence electrons. The van der Waals surface area contributed by atoms with Gasteiger partial charge in [-0.3, -0.25) is 0 Å². The Morgan fingerprint density at radius 1 is 1.15 bits per heavy atom. The summed E-state index contributed by atoms with van der Waals surface area (Å²) in [5.74, 6) is 1.95. The van der Waals surface area contributed by atoms with Gasteiger partial charge in [0, 0.05) is 18.5 Å². The van der Waals surface area contributed by atoms with E-state index >= 15 is 0 Å². The highest BCUT2D eigenvalue weighted by molar-refractivity contribution is 7.98. The van der Waals surface area contributed by atoms with E-state index < -0.39 is 0 Å². The highest BCUT2D eigenvalue weighted by Crippen LogP contribution is 2.24. The average Bonchev–Trinajstić information content (AvgIpc) is 2.82. The van der Waals surface area contributed by atoms with Gasteiger partial charge >= 0.3 is 0 Å². The van der Waals surface area contributed by atoms with Crippen LogP contribution in [0, 0.1) is 0 Å². The van der Waals surface area contributed by atoms with Crippen molar-refractivity contribution in [2.45, 2.75) is 17.2 Å². The van der Waals surface area contributed by atoms with Crippen LogP contribution in [0.3, 0.4) is 0 Å². The van der Waals surface area contributed by atoms with Gasteiger partial charge in [-0.25, -0.2) is 4.98 Å². The van der Waals surface area contributed by atoms with E-state index in [1.807, 2.05) is 6.07 Å². The number of benzene rings is 2. The van der Waals surface area contributed by atoms with Crippen molar-refractivity contribution in [3.05, 3.63) is 59.9 Å². The summed E-state index contributed by atoms with van der Waals surface area (Å²) in [4.78, 5) is 5.99. The molecule has 1 aromatic heterocycles. The van der Waals surface area contributed by atoms with Crippen LogP contribution in [-0.4, -0.2) is 9.55 Å². The fraction of sp³-hybridized carbons (Fsp3) is 0.188. The lowest BCUT2D eigenvalue weighted by Crippen LogP contribution is -1.96. The number of aromatic nitrogens is 2. The van der Waals surface area contributed by atoms with E-state index in [4.69, 9.17) is 10.7 Å². The van der Waals surface area contributed by atoms with Crippen molar-refractivity contribution in [1.29, 1.82) is 0 Å². The van der Waals surface area contributed by atoms with Gasteiger partial charge in [0.15, 0.2) is 0 Å². The van der Waals surface area contributed by atoms with Gasteiger partial charge < -0.3 is 10.3 Å². The van der Waals surface area contributed by atoms with Crippen LogP contribution in [0.25, 0.3) is 11.0 Å². The Labute approximate surface area is 122 Å². The summed E-state index contributed by atoms with van der Waals surface area (Å²) in [5.41, 5.74) is 8.99. The van der Waals surface area contributed by atoms with Crippen molar-refractivity contribution in [1.82, 2.24) is 9.55 Å². The minimum absolute atomic E-state index is 0.556. The second-order valence-corrected chi connectivity index (χ2v) is 5.76. The van der Waals surface area contributed by atoms with Crippen LogP contribution in [0.15, 0.2) is 53.4 Å². The van der Waals surface area contributed by atoms with Gasteiger partial charge in [-0.1, -0.05) is 24.3 Å². The zero-order chi connectivity index (χ0) is 13.9. The molecule has 0 atom stereocenters. The third kappa shape index (κ3) is 2.57. The first-order chi connectivity index (χ1) is 9.78. The number of thioether (sulfide) groups is 1. The van der Waals surface area contributed by atoms with Crippen LogP contribution >= 0.6 is 11.8 Å². The Hall–Kier alpha value is -1.78. The van der Waals surface area contributed by atoms with Gasteiger partial charge in [0.05, 0.1) is 16.8 Å². The Kier molecular flexibility index (Phi) is 3.76. The summed E-state index contributed by atoms with van der Waals surface area (Å²) in [7, 11) is 2.07. The molecule has 0 aliphatic carbocycles. The quantitative estimate of drug-likeness (QED) is 0.747. The molecule has 3 nitrogen and oxygen atoms in total. The molecule has 0 amide bonds. The van der Waals surface area contributed by atoms with Crippen molar-refractivity contribution in [3.63, 3.8) is 0 Å². The number of hydrogen-bond acceptors (Lipinski definition) is 3. The molecule has 0 radical (unpaired) electrons. The molecule has 3 rings (SSSR count). The second kappa shape index (κ2) is 5.69. The molecule has 0 aliphatic heterocycles. The first kappa shape index (κ1) is 13.2. The third-order valence-electron chi connectivity index (χ3n) is 3.38. The molecule has 0 bridgehead atoms. The fourth-order valence-electron chi connectivity index (χ4n) is 2.22. The van der Waals surface area contributed by atoms with Gasteiger partial charge in [0.25, 0.3) is 0 Å². The molecule has 0 saturated heterocycles. The first-order valence-electron chi connectivity index (χ1n) is 6.60.